The van der Waals surface area contributed by atoms with Gasteiger partial charge in [0.1, 0.15) is 0 Å². The van der Waals surface area contributed by atoms with Crippen LogP contribution in [-0.4, -0.2) is 8.42 Å². The predicted octanol–water partition coefficient (Wildman–Crippen LogP) is 2.70. The van der Waals surface area contributed by atoms with E-state index in [1.165, 1.54) is 63.4 Å². The van der Waals surface area contributed by atoms with Gasteiger partial charge in [0.2, 0.25) is 0 Å². The Morgan fingerprint density at radius 2 is 1.33 bits per heavy atom. The second kappa shape index (κ2) is 14.6. The number of benzene rings is 1. The molecule has 0 unspecified atom stereocenters. The van der Waals surface area contributed by atoms with E-state index in [1.807, 2.05) is 16.4 Å². The Labute approximate surface area is 176 Å². The zero-order valence-electron chi connectivity index (χ0n) is 16.2. The van der Waals surface area contributed by atoms with Gasteiger partial charge in [0.15, 0.2) is 0 Å². The topological polar surface area (TPSA) is 46.2 Å². The van der Waals surface area contributed by atoms with Crippen molar-refractivity contribution in [3.8, 4) is 0 Å². The van der Waals surface area contributed by atoms with E-state index in [9.17, 15) is 8.42 Å². The average Bonchev–Trinajstić information content (AvgIpc) is 2.57. The smallest absolute Gasteiger partial charge is 1.00 e. The van der Waals surface area contributed by atoms with Crippen LogP contribution in [0.25, 0.3) is 0 Å². The van der Waals surface area contributed by atoms with Gasteiger partial charge in [-0.15, -0.1) is 4.24 Å². The van der Waals surface area contributed by atoms with Crippen LogP contribution in [0.4, 0.5) is 0 Å². The first-order chi connectivity index (χ1) is 11.1. The maximum atomic E-state index is 11.5. The summed E-state index contributed by atoms with van der Waals surface area (Å²) >= 11 is 5.21. The van der Waals surface area contributed by atoms with Gasteiger partial charge >= 0.3 is 29.6 Å². The van der Waals surface area contributed by atoms with Crippen molar-refractivity contribution in [1.29, 1.82) is 0 Å². The first-order valence-electron chi connectivity index (χ1n) is 8.81. The maximum Gasteiger partial charge on any atom is 1.00 e. The fourth-order valence-corrected chi connectivity index (χ4v) is 3.55. The minimum atomic E-state index is -3.54. The molecule has 134 valence electrons. The summed E-state index contributed by atoms with van der Waals surface area (Å²) < 4.78 is 24.8. The fraction of sp³-hybridized carbons (Fsp3) is 0.667. The van der Waals surface area contributed by atoms with Crippen LogP contribution < -0.4 is 33.8 Å². The summed E-state index contributed by atoms with van der Waals surface area (Å²) in [6.07, 6.45) is 14.3. The number of hydrogen-bond donors (Lipinski definition) is 1. The molecule has 1 aromatic carbocycles. The summed E-state index contributed by atoms with van der Waals surface area (Å²) in [6.45, 7) is 2.25. The second-order valence-corrected chi connectivity index (χ2v) is 8.25. The fourth-order valence-electron chi connectivity index (χ4n) is 2.70. The first kappa shape index (κ1) is 24.4. The Hall–Kier alpha value is 0.420. The standard InChI is InChI=1S/C18H30ClNO2S.Na.H/c1-2-3-4-5-6-7-8-9-10-11-12-17-13-15-18(16-14-17)23(21,22)20-19;;/h13-16,20H,2-12H2,1H3;;/q;+1;-1. The van der Waals surface area contributed by atoms with Crippen LogP contribution in [0.2, 0.25) is 0 Å². The monoisotopic (exact) mass is 383 g/mol. The molecule has 6 heteroatoms. The number of nitrogens with one attached hydrogen (secondary N) is 1. The number of sulfonamides is 1. The van der Waals surface area contributed by atoms with E-state index >= 15 is 0 Å². The van der Waals surface area contributed by atoms with Gasteiger partial charge in [-0.3, -0.25) is 0 Å². The van der Waals surface area contributed by atoms with Crippen molar-refractivity contribution in [2.24, 2.45) is 0 Å². The van der Waals surface area contributed by atoms with Gasteiger partial charge in [0, 0.05) is 0 Å². The molecule has 0 bridgehead atoms. The number of rotatable bonds is 13. The van der Waals surface area contributed by atoms with Gasteiger partial charge in [-0.1, -0.05) is 76.8 Å². The molecule has 0 fully saturated rings. The molecule has 3 nitrogen and oxygen atoms in total. The molecule has 0 saturated heterocycles. The maximum absolute atomic E-state index is 11.5. The van der Waals surface area contributed by atoms with E-state index in [4.69, 9.17) is 11.8 Å². The summed E-state index contributed by atoms with van der Waals surface area (Å²) in [6, 6.07) is 6.95. The van der Waals surface area contributed by atoms with Gasteiger partial charge in [-0.25, -0.2) is 8.42 Å². The van der Waals surface area contributed by atoms with Gasteiger partial charge in [-0.05, 0) is 42.3 Å². The molecular formula is C18H31ClNNaO2S. The zero-order chi connectivity index (χ0) is 17.0. The van der Waals surface area contributed by atoms with Gasteiger partial charge in [0.25, 0.3) is 10.0 Å². The summed E-state index contributed by atoms with van der Waals surface area (Å²) in [5, 5.41) is 0. The van der Waals surface area contributed by atoms with Gasteiger partial charge in [-0.2, -0.15) is 0 Å². The Kier molecular flexibility index (Phi) is 14.8. The van der Waals surface area contributed by atoms with Gasteiger partial charge in [0.05, 0.1) is 4.90 Å². The van der Waals surface area contributed by atoms with Crippen molar-refractivity contribution >= 4 is 21.8 Å². The van der Waals surface area contributed by atoms with Crippen LogP contribution >= 0.6 is 11.8 Å². The van der Waals surface area contributed by atoms with Gasteiger partial charge < -0.3 is 1.43 Å². The Balaban J connectivity index is 0. The van der Waals surface area contributed by atoms with Crippen LogP contribution in [-0.2, 0) is 16.4 Å². The number of unbranched alkanes of at least 4 members (excludes halogenated alkanes) is 9. The molecule has 1 N–H and O–H groups in total. The Morgan fingerprint density at radius 3 is 1.79 bits per heavy atom. The minimum absolute atomic E-state index is 0. The third-order valence-electron chi connectivity index (χ3n) is 4.15. The Morgan fingerprint density at radius 1 is 0.875 bits per heavy atom. The van der Waals surface area contributed by atoms with E-state index in [0.29, 0.717) is 0 Å². The molecule has 0 spiro atoms. The molecule has 0 aliphatic carbocycles. The van der Waals surface area contributed by atoms with Crippen molar-refractivity contribution in [2.45, 2.75) is 82.4 Å². The molecule has 1 aromatic rings. The minimum Gasteiger partial charge on any atom is -1.00 e. The predicted molar refractivity (Wildman–Crippen MR) is 99.3 cm³/mol. The number of hydrogen-bond acceptors (Lipinski definition) is 2. The van der Waals surface area contributed by atoms with Crippen LogP contribution in [0.5, 0.6) is 0 Å². The molecule has 1 rings (SSSR count). The molecule has 0 radical (unpaired) electrons. The Bertz CT molecular complexity index is 526. The second-order valence-electron chi connectivity index (χ2n) is 6.16. The number of aryl methyl sites for hydroxylation is 1. The molecule has 0 amide bonds. The molecule has 0 heterocycles. The molecule has 0 saturated carbocycles. The molecule has 0 atom stereocenters. The largest absolute Gasteiger partial charge is 1.00 e. The van der Waals surface area contributed by atoms with E-state index in [1.54, 1.807) is 12.1 Å². The third-order valence-corrected chi connectivity index (χ3v) is 5.86. The van der Waals surface area contributed by atoms with E-state index in [2.05, 4.69) is 6.92 Å². The van der Waals surface area contributed by atoms with Crippen molar-refractivity contribution in [2.75, 3.05) is 0 Å². The number of halogens is 1. The zero-order valence-corrected chi connectivity index (χ0v) is 18.8. The van der Waals surface area contributed by atoms with Crippen LogP contribution in [0.15, 0.2) is 29.2 Å². The molecule has 24 heavy (non-hydrogen) atoms. The molecular weight excluding hydrogens is 353 g/mol. The summed E-state index contributed by atoms with van der Waals surface area (Å²) in [7, 11) is -3.54. The van der Waals surface area contributed by atoms with Crippen LogP contribution in [0, 0.1) is 0 Å². The van der Waals surface area contributed by atoms with E-state index in [0.717, 1.165) is 12.8 Å². The van der Waals surface area contributed by atoms with Crippen molar-refractivity contribution < 1.29 is 39.4 Å². The molecule has 0 aromatic heterocycles. The van der Waals surface area contributed by atoms with Crippen molar-refractivity contribution in [3.63, 3.8) is 0 Å². The molecule has 0 aliphatic rings. The SMILES string of the molecule is CCCCCCCCCCCCc1ccc(S(=O)(=O)NCl)cc1.[H-].[Na+]. The van der Waals surface area contributed by atoms with Crippen LogP contribution in [0.3, 0.4) is 0 Å². The van der Waals surface area contributed by atoms with E-state index in [-0.39, 0.29) is 35.9 Å². The van der Waals surface area contributed by atoms with E-state index < -0.39 is 10.0 Å². The molecule has 0 aliphatic heterocycles. The summed E-state index contributed by atoms with van der Waals surface area (Å²) in [5.74, 6) is 0. The summed E-state index contributed by atoms with van der Waals surface area (Å²) in [4.78, 5) is 0.208. The summed E-state index contributed by atoms with van der Waals surface area (Å²) in [5.41, 5.74) is 1.18. The average molecular weight is 384 g/mol. The normalized spacial score (nSPS) is 11.2. The van der Waals surface area contributed by atoms with Crippen molar-refractivity contribution in [1.82, 2.24) is 4.24 Å². The third kappa shape index (κ3) is 10.4. The quantitative estimate of drug-likeness (QED) is 0.323. The van der Waals surface area contributed by atoms with Crippen LogP contribution in [0.1, 0.15) is 78.1 Å². The first-order valence-corrected chi connectivity index (χ1v) is 10.7. The van der Waals surface area contributed by atoms with Crippen molar-refractivity contribution in [3.05, 3.63) is 29.8 Å².